The number of benzene rings is 1. The van der Waals surface area contributed by atoms with Crippen LogP contribution in [-0.4, -0.2) is 55.2 Å². The van der Waals surface area contributed by atoms with E-state index in [0.717, 1.165) is 17.0 Å². The van der Waals surface area contributed by atoms with Crippen LogP contribution < -0.4 is 9.64 Å². The summed E-state index contributed by atoms with van der Waals surface area (Å²) in [4.78, 5) is 28.3. The predicted molar refractivity (Wildman–Crippen MR) is 94.9 cm³/mol. The molecule has 0 aliphatic carbocycles. The molecule has 0 N–H and O–H groups in total. The van der Waals surface area contributed by atoms with Crippen molar-refractivity contribution in [3.8, 4) is 5.75 Å². The molecule has 2 heterocycles. The lowest BCUT2D eigenvalue weighted by atomic mass is 10.1. The zero-order valence-electron chi connectivity index (χ0n) is 15.2. The van der Waals surface area contributed by atoms with Gasteiger partial charge in [-0.15, -0.1) is 0 Å². The summed E-state index contributed by atoms with van der Waals surface area (Å²) in [5.74, 6) is 0.804. The van der Waals surface area contributed by atoms with Crippen LogP contribution in [0.1, 0.15) is 32.3 Å². The van der Waals surface area contributed by atoms with Crippen LogP contribution >= 0.6 is 0 Å². The lowest BCUT2D eigenvalue weighted by molar-refractivity contribution is -0.143. The topological polar surface area (TPSA) is 59.1 Å². The molecule has 2 aliphatic heterocycles. The van der Waals surface area contributed by atoms with Gasteiger partial charge in [0.05, 0.1) is 17.9 Å². The molecule has 1 saturated heterocycles. The Balaban J connectivity index is 1.58. The first-order chi connectivity index (χ1) is 11.9. The summed E-state index contributed by atoms with van der Waals surface area (Å²) in [7, 11) is 0. The van der Waals surface area contributed by atoms with E-state index >= 15 is 0 Å². The number of fused-ring (bicyclic) bond motifs is 1. The lowest BCUT2D eigenvalue weighted by Gasteiger charge is -2.35. The van der Waals surface area contributed by atoms with E-state index in [-0.39, 0.29) is 30.6 Å². The Morgan fingerprint density at radius 1 is 1.24 bits per heavy atom. The molecule has 0 bridgehead atoms. The van der Waals surface area contributed by atoms with Crippen molar-refractivity contribution in [2.45, 2.75) is 45.8 Å². The molecule has 25 heavy (non-hydrogen) atoms. The SMILES string of the molecule is Cc1ccc2c(c1)N(CCCC(=O)N1CC(C)OC(C)C1)C(=O)CO2. The van der Waals surface area contributed by atoms with Crippen molar-refractivity contribution in [3.05, 3.63) is 23.8 Å². The molecular weight excluding hydrogens is 320 g/mol. The fourth-order valence-corrected chi connectivity index (χ4v) is 3.49. The van der Waals surface area contributed by atoms with Crippen LogP contribution in [0.5, 0.6) is 5.75 Å². The first-order valence-electron chi connectivity index (χ1n) is 8.91. The van der Waals surface area contributed by atoms with Crippen LogP contribution in [0.3, 0.4) is 0 Å². The monoisotopic (exact) mass is 346 g/mol. The quantitative estimate of drug-likeness (QED) is 0.838. The number of ether oxygens (including phenoxy) is 2. The van der Waals surface area contributed by atoms with E-state index in [4.69, 9.17) is 9.47 Å². The van der Waals surface area contributed by atoms with Gasteiger partial charge < -0.3 is 19.3 Å². The van der Waals surface area contributed by atoms with Gasteiger partial charge in [0.2, 0.25) is 5.91 Å². The highest BCUT2D eigenvalue weighted by molar-refractivity contribution is 5.98. The minimum atomic E-state index is -0.0563. The van der Waals surface area contributed by atoms with Crippen LogP contribution in [-0.2, 0) is 14.3 Å². The van der Waals surface area contributed by atoms with Gasteiger partial charge in [-0.3, -0.25) is 9.59 Å². The molecule has 0 saturated carbocycles. The highest BCUT2D eigenvalue weighted by atomic mass is 16.5. The number of nitrogens with zero attached hydrogens (tertiary/aromatic N) is 2. The minimum Gasteiger partial charge on any atom is -0.482 e. The van der Waals surface area contributed by atoms with Crippen LogP contribution in [0.15, 0.2) is 18.2 Å². The second-order valence-electron chi connectivity index (χ2n) is 6.96. The van der Waals surface area contributed by atoms with Crippen molar-refractivity contribution in [2.24, 2.45) is 0 Å². The van der Waals surface area contributed by atoms with Crippen molar-refractivity contribution in [2.75, 3.05) is 31.1 Å². The van der Waals surface area contributed by atoms with Gasteiger partial charge in [0, 0.05) is 26.1 Å². The second-order valence-corrected chi connectivity index (χ2v) is 6.96. The smallest absolute Gasteiger partial charge is 0.265 e. The zero-order valence-corrected chi connectivity index (χ0v) is 15.2. The van der Waals surface area contributed by atoms with E-state index in [0.29, 0.717) is 32.5 Å². The number of rotatable bonds is 4. The molecule has 1 aromatic carbocycles. The van der Waals surface area contributed by atoms with Crippen LogP contribution in [0.25, 0.3) is 0 Å². The third-order valence-corrected chi connectivity index (χ3v) is 4.60. The fraction of sp³-hybridized carbons (Fsp3) is 0.579. The summed E-state index contributed by atoms with van der Waals surface area (Å²) in [6.45, 7) is 7.83. The third kappa shape index (κ3) is 4.12. The number of hydrogen-bond donors (Lipinski definition) is 0. The van der Waals surface area contributed by atoms with E-state index in [9.17, 15) is 9.59 Å². The average Bonchev–Trinajstić information content (AvgIpc) is 2.56. The van der Waals surface area contributed by atoms with Crippen LogP contribution in [0, 0.1) is 6.92 Å². The molecule has 2 aliphatic rings. The highest BCUT2D eigenvalue weighted by Crippen LogP contribution is 2.33. The van der Waals surface area contributed by atoms with Crippen molar-refractivity contribution in [1.29, 1.82) is 0 Å². The number of morpholine rings is 1. The Hall–Kier alpha value is -2.08. The molecule has 3 rings (SSSR count). The van der Waals surface area contributed by atoms with Crippen LogP contribution in [0.2, 0.25) is 0 Å². The number of aryl methyl sites for hydroxylation is 1. The second kappa shape index (κ2) is 7.44. The number of anilines is 1. The fourth-order valence-electron chi connectivity index (χ4n) is 3.49. The third-order valence-electron chi connectivity index (χ3n) is 4.60. The standard InChI is InChI=1S/C19H26N2O4/c1-13-6-7-17-16(9-13)21(19(23)12-24-17)8-4-5-18(22)20-10-14(2)25-15(3)11-20/h6-7,9,14-15H,4-5,8,10-12H2,1-3H3. The molecule has 6 heteroatoms. The predicted octanol–water partition coefficient (Wildman–Crippen LogP) is 2.14. The molecule has 2 amide bonds. The maximum Gasteiger partial charge on any atom is 0.265 e. The van der Waals surface area contributed by atoms with Gasteiger partial charge in [-0.2, -0.15) is 0 Å². The molecule has 1 fully saturated rings. The number of carbonyl (C=O) groups excluding carboxylic acids is 2. The molecule has 2 unspecified atom stereocenters. The van der Waals surface area contributed by atoms with Gasteiger partial charge in [-0.25, -0.2) is 0 Å². The first kappa shape index (κ1) is 17.7. The van der Waals surface area contributed by atoms with E-state index in [1.54, 1.807) is 4.90 Å². The highest BCUT2D eigenvalue weighted by Gasteiger charge is 2.27. The molecule has 0 radical (unpaired) electrons. The Kier molecular flexibility index (Phi) is 5.27. The van der Waals surface area contributed by atoms with Gasteiger partial charge in [-0.05, 0) is 44.9 Å². The molecule has 1 aromatic rings. The molecule has 6 nitrogen and oxygen atoms in total. The van der Waals surface area contributed by atoms with Gasteiger partial charge in [0.25, 0.3) is 5.91 Å². The number of amides is 2. The van der Waals surface area contributed by atoms with Crippen molar-refractivity contribution in [3.63, 3.8) is 0 Å². The van der Waals surface area contributed by atoms with E-state index < -0.39 is 0 Å². The minimum absolute atomic E-state index is 0.0563. The van der Waals surface area contributed by atoms with Crippen molar-refractivity contribution in [1.82, 2.24) is 4.90 Å². The maximum atomic E-state index is 12.5. The molecular formula is C19H26N2O4. The number of hydrogen-bond acceptors (Lipinski definition) is 4. The maximum absolute atomic E-state index is 12.5. The van der Waals surface area contributed by atoms with Crippen molar-refractivity contribution < 1.29 is 19.1 Å². The van der Waals surface area contributed by atoms with Gasteiger partial charge >= 0.3 is 0 Å². The van der Waals surface area contributed by atoms with Gasteiger partial charge in [-0.1, -0.05) is 6.07 Å². The van der Waals surface area contributed by atoms with E-state index in [2.05, 4.69) is 0 Å². The zero-order chi connectivity index (χ0) is 18.0. The largest absolute Gasteiger partial charge is 0.482 e. The number of carbonyl (C=O) groups is 2. The molecule has 0 spiro atoms. The molecule has 2 atom stereocenters. The lowest BCUT2D eigenvalue weighted by Crippen LogP contribution is -2.48. The van der Waals surface area contributed by atoms with Gasteiger partial charge in [0.1, 0.15) is 5.75 Å². The molecule has 0 aromatic heterocycles. The van der Waals surface area contributed by atoms with Gasteiger partial charge in [0.15, 0.2) is 6.61 Å². The summed E-state index contributed by atoms with van der Waals surface area (Å²) < 4.78 is 11.2. The summed E-state index contributed by atoms with van der Waals surface area (Å²) in [5, 5.41) is 0. The summed E-state index contributed by atoms with van der Waals surface area (Å²) >= 11 is 0. The Morgan fingerprint density at radius 2 is 1.96 bits per heavy atom. The summed E-state index contributed by atoms with van der Waals surface area (Å²) in [6, 6.07) is 5.82. The Bertz CT molecular complexity index is 651. The van der Waals surface area contributed by atoms with Crippen molar-refractivity contribution >= 4 is 17.5 Å². The summed E-state index contributed by atoms with van der Waals surface area (Å²) in [6.07, 6.45) is 1.22. The average molecular weight is 346 g/mol. The normalized spacial score (nSPS) is 23.2. The molecule has 136 valence electrons. The van der Waals surface area contributed by atoms with E-state index in [1.807, 2.05) is 43.9 Å². The Labute approximate surface area is 148 Å². The van der Waals surface area contributed by atoms with Crippen LogP contribution in [0.4, 0.5) is 5.69 Å². The van der Waals surface area contributed by atoms with E-state index in [1.165, 1.54) is 0 Å². The summed E-state index contributed by atoms with van der Waals surface area (Å²) in [5.41, 5.74) is 1.88. The first-order valence-corrected chi connectivity index (χ1v) is 8.91. The Morgan fingerprint density at radius 3 is 2.68 bits per heavy atom.